The van der Waals surface area contributed by atoms with Crippen molar-refractivity contribution in [2.24, 2.45) is 34.5 Å². The van der Waals surface area contributed by atoms with Crippen molar-refractivity contribution in [2.75, 3.05) is 0 Å². The Balaban J connectivity index is 1.66. The van der Waals surface area contributed by atoms with Gasteiger partial charge in [-0.2, -0.15) is 0 Å². The average Bonchev–Trinajstić information content (AvgIpc) is 2.74. The molecule has 0 aromatic carbocycles. The Morgan fingerprint density at radius 3 is 2.50 bits per heavy atom. The van der Waals surface area contributed by atoms with Crippen molar-refractivity contribution in [2.45, 2.75) is 84.2 Å². The van der Waals surface area contributed by atoms with E-state index in [2.05, 4.69) is 13.8 Å². The van der Waals surface area contributed by atoms with Gasteiger partial charge in [0.2, 0.25) is 0 Å². The molecule has 4 rings (SSSR count). The van der Waals surface area contributed by atoms with Gasteiger partial charge in [-0.05, 0) is 85.9 Å². The van der Waals surface area contributed by atoms with Crippen LogP contribution in [0.5, 0.6) is 0 Å². The lowest BCUT2D eigenvalue weighted by molar-refractivity contribution is -0.122. The zero-order valence-corrected chi connectivity index (χ0v) is 13.4. The molecular formula is C19H32O. The fourth-order valence-corrected chi connectivity index (χ4v) is 7.32. The Morgan fingerprint density at radius 2 is 1.65 bits per heavy atom. The van der Waals surface area contributed by atoms with E-state index in [-0.39, 0.29) is 6.10 Å². The summed E-state index contributed by atoms with van der Waals surface area (Å²) >= 11 is 0. The molecule has 1 N–H and O–H groups in total. The summed E-state index contributed by atoms with van der Waals surface area (Å²) in [7, 11) is 0. The minimum Gasteiger partial charge on any atom is -0.393 e. The highest BCUT2D eigenvalue weighted by Crippen LogP contribution is 2.66. The third-order valence-corrected chi connectivity index (χ3v) is 8.38. The Morgan fingerprint density at radius 1 is 0.850 bits per heavy atom. The van der Waals surface area contributed by atoms with E-state index in [0.29, 0.717) is 16.7 Å². The van der Waals surface area contributed by atoms with E-state index in [0.717, 1.165) is 24.2 Å². The van der Waals surface area contributed by atoms with Gasteiger partial charge in [-0.3, -0.25) is 0 Å². The predicted octanol–water partition coefficient (Wildman–Crippen LogP) is 4.78. The third kappa shape index (κ3) is 1.71. The lowest BCUT2D eigenvalue weighted by Gasteiger charge is -2.60. The fraction of sp³-hybridized carbons (Fsp3) is 1.00. The standard InChI is InChI=1S/C19H32O/c1-18-11-8-15-14(17(18)16(20)9-12-18)7-6-13-5-3-4-10-19(13,15)2/h13-17,20H,3-12H2,1-2H3/t13?,14?,15?,16-,17?,18?,19?/m0/s1. The molecular weight excluding hydrogens is 244 g/mol. The molecule has 0 aliphatic heterocycles. The van der Waals surface area contributed by atoms with Crippen LogP contribution in [0.4, 0.5) is 0 Å². The number of hydrogen-bond acceptors (Lipinski definition) is 1. The number of hydrogen-bond donors (Lipinski definition) is 1. The van der Waals surface area contributed by atoms with Crippen molar-refractivity contribution in [3.8, 4) is 0 Å². The topological polar surface area (TPSA) is 20.2 Å². The third-order valence-electron chi connectivity index (χ3n) is 8.38. The molecule has 0 aromatic heterocycles. The molecule has 114 valence electrons. The van der Waals surface area contributed by atoms with Gasteiger partial charge in [-0.25, -0.2) is 0 Å². The molecule has 6 unspecified atom stereocenters. The molecule has 4 aliphatic carbocycles. The summed E-state index contributed by atoms with van der Waals surface area (Å²) in [4.78, 5) is 0. The first kappa shape index (κ1) is 13.6. The van der Waals surface area contributed by atoms with E-state index in [1.807, 2.05) is 0 Å². The molecule has 0 aromatic rings. The van der Waals surface area contributed by atoms with E-state index < -0.39 is 0 Å². The van der Waals surface area contributed by atoms with Crippen molar-refractivity contribution in [3.63, 3.8) is 0 Å². The summed E-state index contributed by atoms with van der Waals surface area (Å²) in [5, 5.41) is 10.6. The molecule has 1 nitrogen and oxygen atoms in total. The second-order valence-corrected chi connectivity index (χ2v) is 9.12. The average molecular weight is 276 g/mol. The first-order valence-electron chi connectivity index (χ1n) is 9.23. The maximum Gasteiger partial charge on any atom is 0.0576 e. The van der Waals surface area contributed by atoms with E-state index in [4.69, 9.17) is 0 Å². The van der Waals surface area contributed by atoms with Crippen molar-refractivity contribution in [3.05, 3.63) is 0 Å². The Labute approximate surface area is 124 Å². The van der Waals surface area contributed by atoms with E-state index >= 15 is 0 Å². The molecule has 0 spiro atoms. The summed E-state index contributed by atoms with van der Waals surface area (Å²) in [5.41, 5.74) is 1.09. The van der Waals surface area contributed by atoms with Crippen LogP contribution >= 0.6 is 0 Å². The van der Waals surface area contributed by atoms with Crippen molar-refractivity contribution >= 4 is 0 Å². The summed E-state index contributed by atoms with van der Waals surface area (Å²) in [6, 6.07) is 0. The Kier molecular flexibility index (Phi) is 3.05. The number of aliphatic hydroxyl groups is 1. The molecule has 0 heterocycles. The SMILES string of the molecule is CC12CCC3C(CCC4CCCCC43C)C1[C@@H](O)CC2. The molecule has 0 radical (unpaired) electrons. The van der Waals surface area contributed by atoms with Crippen LogP contribution in [0.15, 0.2) is 0 Å². The van der Waals surface area contributed by atoms with Crippen LogP contribution in [0.1, 0.15) is 78.1 Å². The van der Waals surface area contributed by atoms with Crippen LogP contribution in [-0.2, 0) is 0 Å². The molecule has 4 aliphatic rings. The van der Waals surface area contributed by atoms with E-state index in [1.165, 1.54) is 57.8 Å². The van der Waals surface area contributed by atoms with Crippen LogP contribution < -0.4 is 0 Å². The van der Waals surface area contributed by atoms with Crippen LogP contribution in [0, 0.1) is 34.5 Å². The zero-order valence-electron chi connectivity index (χ0n) is 13.4. The van der Waals surface area contributed by atoms with Crippen molar-refractivity contribution < 1.29 is 5.11 Å². The van der Waals surface area contributed by atoms with Gasteiger partial charge in [-0.1, -0.05) is 26.7 Å². The van der Waals surface area contributed by atoms with Gasteiger partial charge in [0.05, 0.1) is 6.10 Å². The van der Waals surface area contributed by atoms with Gasteiger partial charge in [0.15, 0.2) is 0 Å². The molecule has 4 fully saturated rings. The van der Waals surface area contributed by atoms with Gasteiger partial charge in [0, 0.05) is 0 Å². The van der Waals surface area contributed by atoms with E-state index in [9.17, 15) is 5.11 Å². The smallest absolute Gasteiger partial charge is 0.0576 e. The fourth-order valence-electron chi connectivity index (χ4n) is 7.32. The van der Waals surface area contributed by atoms with Crippen LogP contribution in [0.25, 0.3) is 0 Å². The maximum absolute atomic E-state index is 10.6. The summed E-state index contributed by atoms with van der Waals surface area (Å²) < 4.78 is 0. The Bertz CT molecular complexity index is 391. The Hall–Kier alpha value is -0.0400. The maximum atomic E-state index is 10.6. The highest BCUT2D eigenvalue weighted by Gasteiger charge is 2.59. The van der Waals surface area contributed by atoms with Crippen LogP contribution in [0.3, 0.4) is 0 Å². The molecule has 0 bridgehead atoms. The molecule has 0 saturated heterocycles. The molecule has 20 heavy (non-hydrogen) atoms. The van der Waals surface area contributed by atoms with Gasteiger partial charge < -0.3 is 5.11 Å². The molecule has 0 amide bonds. The highest BCUT2D eigenvalue weighted by atomic mass is 16.3. The largest absolute Gasteiger partial charge is 0.393 e. The zero-order chi connectivity index (χ0) is 14.0. The quantitative estimate of drug-likeness (QED) is 0.675. The van der Waals surface area contributed by atoms with Gasteiger partial charge in [0.25, 0.3) is 0 Å². The minimum absolute atomic E-state index is 0.0107. The van der Waals surface area contributed by atoms with Crippen molar-refractivity contribution in [1.82, 2.24) is 0 Å². The van der Waals surface area contributed by atoms with Crippen LogP contribution in [-0.4, -0.2) is 11.2 Å². The highest BCUT2D eigenvalue weighted by molar-refractivity contribution is 5.08. The molecule has 7 atom stereocenters. The van der Waals surface area contributed by atoms with Crippen molar-refractivity contribution in [1.29, 1.82) is 0 Å². The number of fused-ring (bicyclic) bond motifs is 5. The second kappa shape index (κ2) is 4.48. The second-order valence-electron chi connectivity index (χ2n) is 9.12. The number of aliphatic hydroxyl groups excluding tert-OH is 1. The summed E-state index contributed by atoms with van der Waals surface area (Å²) in [5.74, 6) is 3.39. The van der Waals surface area contributed by atoms with Gasteiger partial charge >= 0.3 is 0 Å². The predicted molar refractivity (Wildman–Crippen MR) is 82.4 cm³/mol. The molecule has 4 saturated carbocycles. The minimum atomic E-state index is 0.0107. The van der Waals surface area contributed by atoms with Gasteiger partial charge in [0.1, 0.15) is 0 Å². The lowest BCUT2D eigenvalue weighted by atomic mass is 9.45. The number of rotatable bonds is 0. The monoisotopic (exact) mass is 276 g/mol. The normalized spacial score (nSPS) is 58.6. The summed E-state index contributed by atoms with van der Waals surface area (Å²) in [6.07, 6.45) is 14.0. The van der Waals surface area contributed by atoms with Gasteiger partial charge in [-0.15, -0.1) is 0 Å². The van der Waals surface area contributed by atoms with E-state index in [1.54, 1.807) is 0 Å². The first-order chi connectivity index (χ1) is 9.55. The lowest BCUT2D eigenvalue weighted by Crippen LogP contribution is -2.53. The van der Waals surface area contributed by atoms with Crippen LogP contribution in [0.2, 0.25) is 0 Å². The first-order valence-corrected chi connectivity index (χ1v) is 9.23. The summed E-state index contributed by atoms with van der Waals surface area (Å²) in [6.45, 7) is 5.11. The molecule has 1 heteroatoms.